The third-order valence-corrected chi connectivity index (χ3v) is 2.62. The number of carboxylic acids is 1. The van der Waals surface area contributed by atoms with Crippen LogP contribution in [0.15, 0.2) is 5.51 Å². The smallest absolute Gasteiger partial charge is 0.357 e. The molecule has 0 saturated carbocycles. The van der Waals surface area contributed by atoms with Gasteiger partial charge in [0.15, 0.2) is 5.69 Å². The summed E-state index contributed by atoms with van der Waals surface area (Å²) in [4.78, 5) is 14.4. The molecule has 1 heterocycles. The van der Waals surface area contributed by atoms with Gasteiger partial charge in [0, 0.05) is 6.54 Å². The van der Waals surface area contributed by atoms with E-state index in [1.807, 2.05) is 0 Å². The minimum Gasteiger partial charge on any atom is -0.476 e. The number of unbranched alkanes of at least 4 members (excludes halogenated alkanes) is 2. The van der Waals surface area contributed by atoms with E-state index < -0.39 is 5.97 Å². The van der Waals surface area contributed by atoms with Crippen molar-refractivity contribution in [3.05, 3.63) is 11.2 Å². The number of carbonyl (C=O) groups is 1. The van der Waals surface area contributed by atoms with Gasteiger partial charge in [-0.15, -0.1) is 11.3 Å². The molecule has 14 heavy (non-hydrogen) atoms. The van der Waals surface area contributed by atoms with Gasteiger partial charge in [-0.05, 0) is 6.42 Å². The van der Waals surface area contributed by atoms with E-state index in [2.05, 4.69) is 17.2 Å². The van der Waals surface area contributed by atoms with Crippen LogP contribution in [0.3, 0.4) is 0 Å². The first-order valence-electron chi connectivity index (χ1n) is 4.66. The summed E-state index contributed by atoms with van der Waals surface area (Å²) in [5.41, 5.74) is 1.68. The fraction of sp³-hybridized carbons (Fsp3) is 0.556. The highest BCUT2D eigenvalue weighted by atomic mass is 32.1. The van der Waals surface area contributed by atoms with Gasteiger partial charge in [-0.3, -0.25) is 0 Å². The molecule has 0 spiro atoms. The highest BCUT2D eigenvalue weighted by molar-refractivity contribution is 7.14. The zero-order valence-electron chi connectivity index (χ0n) is 8.12. The zero-order valence-corrected chi connectivity index (χ0v) is 8.93. The topological polar surface area (TPSA) is 62.2 Å². The molecule has 0 aromatic carbocycles. The minimum absolute atomic E-state index is 0.131. The van der Waals surface area contributed by atoms with E-state index in [9.17, 15) is 4.79 Å². The summed E-state index contributed by atoms with van der Waals surface area (Å²) in [5, 5.41) is 12.5. The Morgan fingerprint density at radius 2 is 2.43 bits per heavy atom. The molecule has 78 valence electrons. The van der Waals surface area contributed by atoms with Crippen molar-refractivity contribution in [3.63, 3.8) is 0 Å². The van der Waals surface area contributed by atoms with Gasteiger partial charge >= 0.3 is 5.97 Å². The number of anilines is 1. The number of nitrogens with zero attached hydrogens (tertiary/aromatic N) is 1. The van der Waals surface area contributed by atoms with Gasteiger partial charge in [0.1, 0.15) is 5.00 Å². The summed E-state index contributed by atoms with van der Waals surface area (Å²) >= 11 is 1.33. The molecule has 0 saturated heterocycles. The average Bonchev–Trinajstić information content (AvgIpc) is 2.60. The highest BCUT2D eigenvalue weighted by Crippen LogP contribution is 2.19. The maximum Gasteiger partial charge on any atom is 0.357 e. The summed E-state index contributed by atoms with van der Waals surface area (Å²) < 4.78 is 0. The number of aromatic nitrogens is 1. The average molecular weight is 214 g/mol. The van der Waals surface area contributed by atoms with Crippen molar-refractivity contribution in [2.45, 2.75) is 26.2 Å². The monoisotopic (exact) mass is 214 g/mol. The molecule has 2 N–H and O–H groups in total. The maximum absolute atomic E-state index is 10.7. The van der Waals surface area contributed by atoms with Crippen molar-refractivity contribution in [2.24, 2.45) is 0 Å². The van der Waals surface area contributed by atoms with Crippen LogP contribution in [0.5, 0.6) is 0 Å². The quantitative estimate of drug-likeness (QED) is 0.714. The van der Waals surface area contributed by atoms with Crippen molar-refractivity contribution >= 4 is 22.3 Å². The Morgan fingerprint density at radius 3 is 3.07 bits per heavy atom. The van der Waals surface area contributed by atoms with Crippen LogP contribution >= 0.6 is 11.3 Å². The molecular formula is C9H14N2O2S. The summed E-state index contributed by atoms with van der Waals surface area (Å²) in [5.74, 6) is -0.968. The van der Waals surface area contributed by atoms with Crippen molar-refractivity contribution in [1.29, 1.82) is 0 Å². The van der Waals surface area contributed by atoms with E-state index in [1.54, 1.807) is 5.51 Å². The van der Waals surface area contributed by atoms with Gasteiger partial charge in [0.05, 0.1) is 5.51 Å². The van der Waals surface area contributed by atoms with E-state index in [0.29, 0.717) is 5.00 Å². The molecule has 0 amide bonds. The van der Waals surface area contributed by atoms with Crippen molar-refractivity contribution in [3.8, 4) is 0 Å². The second-order valence-corrected chi connectivity index (χ2v) is 3.82. The number of hydrogen-bond acceptors (Lipinski definition) is 4. The molecular weight excluding hydrogens is 200 g/mol. The predicted molar refractivity (Wildman–Crippen MR) is 57.1 cm³/mol. The Kier molecular flexibility index (Phi) is 4.39. The number of nitrogens with one attached hydrogen (secondary N) is 1. The summed E-state index contributed by atoms with van der Waals surface area (Å²) in [6.07, 6.45) is 3.39. The minimum atomic E-state index is -0.968. The zero-order chi connectivity index (χ0) is 10.4. The third-order valence-electron chi connectivity index (χ3n) is 1.84. The van der Waals surface area contributed by atoms with Gasteiger partial charge in [0.25, 0.3) is 0 Å². The molecule has 0 aliphatic rings. The Bertz CT molecular complexity index is 299. The van der Waals surface area contributed by atoms with Gasteiger partial charge in [-0.1, -0.05) is 19.8 Å². The number of thiazole rings is 1. The van der Waals surface area contributed by atoms with E-state index in [4.69, 9.17) is 5.11 Å². The molecule has 0 unspecified atom stereocenters. The number of aromatic carboxylic acids is 1. The maximum atomic E-state index is 10.7. The second kappa shape index (κ2) is 5.59. The molecule has 5 heteroatoms. The molecule has 0 bridgehead atoms. The lowest BCUT2D eigenvalue weighted by atomic mass is 10.2. The van der Waals surface area contributed by atoms with E-state index >= 15 is 0 Å². The fourth-order valence-electron chi connectivity index (χ4n) is 1.10. The normalized spacial score (nSPS) is 10.1. The van der Waals surface area contributed by atoms with Crippen LogP contribution in [-0.4, -0.2) is 22.6 Å². The van der Waals surface area contributed by atoms with E-state index in [-0.39, 0.29) is 5.69 Å². The predicted octanol–water partition coefficient (Wildman–Crippen LogP) is 2.44. The summed E-state index contributed by atoms with van der Waals surface area (Å²) in [6, 6.07) is 0. The number of carboxylic acid groups (broad SMARTS) is 1. The molecule has 0 aliphatic carbocycles. The summed E-state index contributed by atoms with van der Waals surface area (Å²) in [6.45, 7) is 2.95. The lowest BCUT2D eigenvalue weighted by Gasteiger charge is -2.02. The van der Waals surface area contributed by atoms with Crippen LogP contribution in [-0.2, 0) is 0 Å². The van der Waals surface area contributed by atoms with Crippen molar-refractivity contribution in [1.82, 2.24) is 4.98 Å². The van der Waals surface area contributed by atoms with E-state index in [0.717, 1.165) is 25.8 Å². The van der Waals surface area contributed by atoms with Crippen molar-refractivity contribution < 1.29 is 9.90 Å². The molecule has 4 nitrogen and oxygen atoms in total. The van der Waals surface area contributed by atoms with Gasteiger partial charge in [0.2, 0.25) is 0 Å². The first-order chi connectivity index (χ1) is 6.75. The number of rotatable bonds is 6. The van der Waals surface area contributed by atoms with Crippen molar-refractivity contribution in [2.75, 3.05) is 11.9 Å². The molecule has 0 fully saturated rings. The Labute approximate surface area is 87.0 Å². The molecule has 1 rings (SSSR count). The Balaban J connectivity index is 2.42. The SMILES string of the molecule is CCCCCNc1scnc1C(=O)O. The van der Waals surface area contributed by atoms with Crippen LogP contribution in [0.2, 0.25) is 0 Å². The van der Waals surface area contributed by atoms with Crippen LogP contribution < -0.4 is 5.32 Å². The Morgan fingerprint density at radius 1 is 1.64 bits per heavy atom. The Hall–Kier alpha value is -1.10. The van der Waals surface area contributed by atoms with Crippen LogP contribution in [0.25, 0.3) is 0 Å². The van der Waals surface area contributed by atoms with Crippen LogP contribution in [0.4, 0.5) is 5.00 Å². The highest BCUT2D eigenvalue weighted by Gasteiger charge is 2.12. The molecule has 1 aromatic rings. The largest absolute Gasteiger partial charge is 0.476 e. The van der Waals surface area contributed by atoms with Gasteiger partial charge in [-0.2, -0.15) is 0 Å². The molecule has 1 aromatic heterocycles. The fourth-order valence-corrected chi connectivity index (χ4v) is 1.80. The van der Waals surface area contributed by atoms with Gasteiger partial charge in [-0.25, -0.2) is 9.78 Å². The third kappa shape index (κ3) is 2.99. The molecule has 0 radical (unpaired) electrons. The summed E-state index contributed by atoms with van der Waals surface area (Å²) in [7, 11) is 0. The lowest BCUT2D eigenvalue weighted by Crippen LogP contribution is -2.05. The van der Waals surface area contributed by atoms with Crippen LogP contribution in [0.1, 0.15) is 36.7 Å². The number of hydrogen-bond donors (Lipinski definition) is 2. The molecule has 0 atom stereocenters. The van der Waals surface area contributed by atoms with E-state index in [1.165, 1.54) is 11.3 Å². The van der Waals surface area contributed by atoms with Gasteiger partial charge < -0.3 is 10.4 Å². The first-order valence-corrected chi connectivity index (χ1v) is 5.54. The first kappa shape index (κ1) is 11.0. The molecule has 0 aliphatic heterocycles. The van der Waals surface area contributed by atoms with Crippen LogP contribution in [0, 0.1) is 0 Å². The lowest BCUT2D eigenvalue weighted by molar-refractivity contribution is 0.0692. The standard InChI is InChI=1S/C9H14N2O2S/c1-2-3-4-5-10-8-7(9(12)13)11-6-14-8/h6,10H,2-5H2,1H3,(H,12,13). The second-order valence-electron chi connectivity index (χ2n) is 2.97.